The minimum absolute atomic E-state index is 0.0217. The van der Waals surface area contributed by atoms with Crippen LogP contribution in [-0.4, -0.2) is 30.6 Å². The summed E-state index contributed by atoms with van der Waals surface area (Å²) >= 11 is 1.88. The molecule has 4 aromatic rings. The number of aromatic nitrogens is 3. The molecule has 0 bridgehead atoms. The van der Waals surface area contributed by atoms with E-state index in [1.165, 1.54) is 15.4 Å². The summed E-state index contributed by atoms with van der Waals surface area (Å²) in [6, 6.07) is 19.1. The SMILES string of the molecule is O=C1C=C(I)C(=O)C2=C1C[C@@H]1C(=CCn3c(=O)n(-c4ccccc4)c(=O)n31)[C@@H]2c1ccc2ccccc2c1O. The molecular weight excluding hydrogens is 609 g/mol. The predicted octanol–water partition coefficient (Wildman–Crippen LogP) is 4.10. The van der Waals surface area contributed by atoms with Crippen LogP contribution < -0.4 is 11.4 Å². The van der Waals surface area contributed by atoms with Crippen LogP contribution in [0.25, 0.3) is 16.5 Å². The highest BCUT2D eigenvalue weighted by molar-refractivity contribution is 14.1. The molecule has 9 heteroatoms. The largest absolute Gasteiger partial charge is 0.507 e. The number of ketones is 2. The van der Waals surface area contributed by atoms with Gasteiger partial charge in [-0.3, -0.25) is 9.59 Å². The molecule has 8 nitrogen and oxygen atoms in total. The van der Waals surface area contributed by atoms with Gasteiger partial charge < -0.3 is 5.11 Å². The molecule has 2 atom stereocenters. The van der Waals surface area contributed by atoms with Crippen LogP contribution in [0.2, 0.25) is 0 Å². The lowest BCUT2D eigenvalue weighted by molar-refractivity contribution is -0.115. The first-order valence-electron chi connectivity index (χ1n) is 12.5. The summed E-state index contributed by atoms with van der Waals surface area (Å²) in [4.78, 5) is 54.0. The van der Waals surface area contributed by atoms with Crippen molar-refractivity contribution in [1.82, 2.24) is 13.9 Å². The van der Waals surface area contributed by atoms with Crippen LogP contribution in [0.3, 0.4) is 0 Å². The lowest BCUT2D eigenvalue weighted by Gasteiger charge is -2.39. The molecule has 1 aromatic heterocycles. The highest BCUT2D eigenvalue weighted by Crippen LogP contribution is 2.52. The van der Waals surface area contributed by atoms with Gasteiger partial charge in [-0.05, 0) is 45.7 Å². The number of hydrogen-bond acceptors (Lipinski definition) is 5. The molecule has 3 aromatic carbocycles. The second-order valence-electron chi connectivity index (χ2n) is 9.82. The van der Waals surface area contributed by atoms with E-state index in [1.807, 2.05) is 52.9 Å². The van der Waals surface area contributed by atoms with Crippen LogP contribution in [0, 0.1) is 0 Å². The lowest BCUT2D eigenvalue weighted by atomic mass is 9.68. The normalized spacial score (nSPS) is 20.3. The number of fused-ring (bicyclic) bond motifs is 4. The van der Waals surface area contributed by atoms with Crippen LogP contribution in [0.4, 0.5) is 0 Å². The van der Waals surface area contributed by atoms with Crippen LogP contribution in [0.5, 0.6) is 5.75 Å². The first kappa shape index (κ1) is 23.8. The number of rotatable bonds is 2. The van der Waals surface area contributed by atoms with E-state index in [0.717, 1.165) is 9.95 Å². The topological polar surface area (TPSA) is 103 Å². The maximum atomic E-state index is 13.8. The fourth-order valence-electron chi connectivity index (χ4n) is 6.13. The summed E-state index contributed by atoms with van der Waals surface area (Å²) in [6.07, 6.45) is 3.27. The van der Waals surface area contributed by atoms with E-state index in [-0.39, 0.29) is 30.3 Å². The molecule has 3 aliphatic rings. The smallest absolute Gasteiger partial charge is 0.352 e. The van der Waals surface area contributed by atoms with Crippen LogP contribution in [0.1, 0.15) is 23.9 Å². The summed E-state index contributed by atoms with van der Waals surface area (Å²) in [6.45, 7) is 0.113. The molecule has 2 heterocycles. The Morgan fingerprint density at radius 1 is 0.872 bits per heavy atom. The molecular formula is C30H20IN3O5. The third-order valence-electron chi connectivity index (χ3n) is 7.86. The maximum Gasteiger partial charge on any atom is 0.352 e. The van der Waals surface area contributed by atoms with Gasteiger partial charge in [-0.2, -0.15) is 0 Å². The van der Waals surface area contributed by atoms with E-state index >= 15 is 0 Å². The molecule has 0 saturated carbocycles. The van der Waals surface area contributed by atoms with Gasteiger partial charge in [0, 0.05) is 40.5 Å². The number of hydrogen-bond donors (Lipinski definition) is 1. The van der Waals surface area contributed by atoms with E-state index in [0.29, 0.717) is 36.9 Å². The standard InChI is InChI=1S/C30H20IN3O5/c31-22-15-24(35)21-14-23-19(12-13-32-29(38)33(30(39)34(23)32)17-7-2-1-3-8-17)25(26(21)28(22)37)20-11-10-16-6-4-5-9-18(16)27(20)36/h1-12,15,23,25,36H,13-14H2/t23-,25-/m1/s1. The number of halogens is 1. The van der Waals surface area contributed by atoms with Gasteiger partial charge in [0.15, 0.2) is 11.6 Å². The number of phenolic OH excluding ortho intramolecular Hbond substituents is 1. The summed E-state index contributed by atoms with van der Waals surface area (Å²) in [5, 5.41) is 12.9. The van der Waals surface area contributed by atoms with Gasteiger partial charge >= 0.3 is 11.4 Å². The number of para-hydroxylation sites is 1. The molecule has 0 amide bonds. The van der Waals surface area contributed by atoms with Gasteiger partial charge in [0.25, 0.3) is 0 Å². The fourth-order valence-corrected chi connectivity index (χ4v) is 6.70. The van der Waals surface area contributed by atoms with E-state index < -0.39 is 23.3 Å². The third-order valence-corrected chi connectivity index (χ3v) is 8.66. The molecule has 0 radical (unpaired) electrons. The highest BCUT2D eigenvalue weighted by Gasteiger charge is 2.46. The Hall–Kier alpha value is -4.25. The van der Waals surface area contributed by atoms with Crippen molar-refractivity contribution < 1.29 is 14.7 Å². The molecule has 39 heavy (non-hydrogen) atoms. The van der Waals surface area contributed by atoms with Gasteiger partial charge in [0.1, 0.15) is 5.75 Å². The Morgan fingerprint density at radius 2 is 1.62 bits per heavy atom. The van der Waals surface area contributed by atoms with Crippen molar-refractivity contribution in [2.45, 2.75) is 24.9 Å². The Labute approximate surface area is 234 Å². The third kappa shape index (κ3) is 3.35. The van der Waals surface area contributed by atoms with Crippen molar-refractivity contribution in [2.75, 3.05) is 0 Å². The monoisotopic (exact) mass is 629 g/mol. The number of phenols is 1. The number of carbonyl (C=O) groups is 2. The molecule has 192 valence electrons. The zero-order chi connectivity index (χ0) is 27.0. The van der Waals surface area contributed by atoms with E-state index in [4.69, 9.17) is 0 Å². The number of carbonyl (C=O) groups excluding carboxylic acids is 2. The molecule has 0 fully saturated rings. The first-order valence-corrected chi connectivity index (χ1v) is 13.5. The lowest BCUT2D eigenvalue weighted by Crippen LogP contribution is -2.40. The fraction of sp³-hybridized carbons (Fsp3) is 0.133. The number of benzene rings is 3. The van der Waals surface area contributed by atoms with Gasteiger partial charge in [-0.15, -0.1) is 0 Å². The van der Waals surface area contributed by atoms with Crippen molar-refractivity contribution in [3.8, 4) is 11.4 Å². The van der Waals surface area contributed by atoms with Crippen molar-refractivity contribution in [3.63, 3.8) is 0 Å². The van der Waals surface area contributed by atoms with Gasteiger partial charge in [-0.1, -0.05) is 60.7 Å². The Bertz CT molecular complexity index is 1970. The Kier molecular flexibility index (Phi) is 5.28. The van der Waals surface area contributed by atoms with Crippen LogP contribution >= 0.6 is 22.6 Å². The van der Waals surface area contributed by atoms with E-state index in [9.17, 15) is 24.3 Å². The second-order valence-corrected chi connectivity index (χ2v) is 11.0. The van der Waals surface area contributed by atoms with E-state index in [1.54, 1.807) is 42.5 Å². The summed E-state index contributed by atoms with van der Waals surface area (Å²) in [5.74, 6) is -1.30. The number of nitrogens with zero attached hydrogens (tertiary/aromatic N) is 3. The van der Waals surface area contributed by atoms with Gasteiger partial charge in [-0.25, -0.2) is 23.5 Å². The molecule has 0 saturated heterocycles. The second kappa shape index (κ2) is 8.63. The number of allylic oxidation sites excluding steroid dienone is 6. The van der Waals surface area contributed by atoms with Crippen LogP contribution in [-0.2, 0) is 16.1 Å². The number of Topliss-reactive ketones (excluding diaryl/α,β-unsaturated/α-hetero) is 1. The molecule has 1 aliphatic heterocycles. The van der Waals surface area contributed by atoms with Crippen molar-refractivity contribution >= 4 is 44.9 Å². The molecule has 0 unspecified atom stereocenters. The summed E-state index contributed by atoms with van der Waals surface area (Å²) < 4.78 is 4.21. The highest BCUT2D eigenvalue weighted by atomic mass is 127. The summed E-state index contributed by atoms with van der Waals surface area (Å²) in [5.41, 5.74) is 1.27. The predicted molar refractivity (Wildman–Crippen MR) is 154 cm³/mol. The zero-order valence-electron chi connectivity index (χ0n) is 20.4. The average Bonchev–Trinajstić information content (AvgIpc) is 3.21. The average molecular weight is 629 g/mol. The molecule has 7 rings (SSSR count). The first-order chi connectivity index (χ1) is 18.9. The minimum Gasteiger partial charge on any atom is -0.507 e. The maximum absolute atomic E-state index is 13.8. The van der Waals surface area contributed by atoms with Gasteiger partial charge in [0.05, 0.1) is 21.9 Å². The quantitative estimate of drug-likeness (QED) is 0.205. The van der Waals surface area contributed by atoms with Crippen LogP contribution in [0.15, 0.2) is 109 Å². The van der Waals surface area contributed by atoms with Crippen molar-refractivity contribution in [3.05, 3.63) is 126 Å². The van der Waals surface area contributed by atoms with Crippen molar-refractivity contribution in [1.29, 1.82) is 0 Å². The Balaban J connectivity index is 1.49. The minimum atomic E-state index is -0.755. The molecule has 1 N–H and O–H groups in total. The van der Waals surface area contributed by atoms with E-state index in [2.05, 4.69) is 0 Å². The Morgan fingerprint density at radius 3 is 2.41 bits per heavy atom. The summed E-state index contributed by atoms with van der Waals surface area (Å²) in [7, 11) is 0. The zero-order valence-corrected chi connectivity index (χ0v) is 22.5. The molecule has 0 spiro atoms. The van der Waals surface area contributed by atoms with Gasteiger partial charge in [0.2, 0.25) is 0 Å². The number of aromatic hydroxyl groups is 1. The van der Waals surface area contributed by atoms with Crippen molar-refractivity contribution in [2.24, 2.45) is 0 Å². The molecule has 2 aliphatic carbocycles.